The van der Waals surface area contributed by atoms with Crippen LogP contribution in [0.1, 0.15) is 16.7 Å². The minimum atomic E-state index is 0.265. The molecule has 0 spiro atoms. The van der Waals surface area contributed by atoms with Crippen molar-refractivity contribution in [3.63, 3.8) is 0 Å². The molecule has 4 nitrogen and oxygen atoms in total. The van der Waals surface area contributed by atoms with Gasteiger partial charge in [-0.25, -0.2) is 0 Å². The number of hydrogen-bond donors (Lipinski definition) is 0. The Labute approximate surface area is 146 Å². The van der Waals surface area contributed by atoms with Crippen LogP contribution < -0.4 is 14.2 Å². The third-order valence-electron chi connectivity index (χ3n) is 3.77. The van der Waals surface area contributed by atoms with Gasteiger partial charge in [0, 0.05) is 6.20 Å². The number of fused-ring (bicyclic) bond motifs is 1. The first-order chi connectivity index (χ1) is 12.4. The van der Waals surface area contributed by atoms with Gasteiger partial charge in [0.1, 0.15) is 12.4 Å². The first-order valence-electron chi connectivity index (χ1n) is 7.98. The van der Waals surface area contributed by atoms with E-state index in [1.807, 2.05) is 54.6 Å². The van der Waals surface area contributed by atoms with Gasteiger partial charge in [0.15, 0.2) is 11.5 Å². The molecule has 0 bridgehead atoms. The van der Waals surface area contributed by atoms with E-state index in [1.165, 1.54) is 0 Å². The molecule has 0 saturated carbocycles. The molecule has 0 saturated heterocycles. The quantitative estimate of drug-likeness (QED) is 0.697. The summed E-state index contributed by atoms with van der Waals surface area (Å²) >= 11 is 0. The molecule has 2 heterocycles. The van der Waals surface area contributed by atoms with Crippen LogP contribution in [0.5, 0.6) is 17.2 Å². The Balaban J connectivity index is 1.44. The van der Waals surface area contributed by atoms with Crippen LogP contribution in [0.25, 0.3) is 12.2 Å². The molecule has 0 aliphatic carbocycles. The molecule has 1 aliphatic heterocycles. The Morgan fingerprint density at radius 1 is 1.04 bits per heavy atom. The highest BCUT2D eigenvalue weighted by molar-refractivity contribution is 5.70. The molecule has 0 N–H and O–H groups in total. The average Bonchev–Trinajstić information content (AvgIpc) is 3.14. The van der Waals surface area contributed by atoms with Gasteiger partial charge in [0.2, 0.25) is 6.79 Å². The third-order valence-corrected chi connectivity index (χ3v) is 3.77. The fourth-order valence-corrected chi connectivity index (χ4v) is 2.48. The van der Waals surface area contributed by atoms with Crippen molar-refractivity contribution in [1.29, 1.82) is 0 Å². The SMILES string of the molecule is [c]1cc2c(cc1/C=C/c1cncc(OCc3ccccc3)c1)OCO2. The maximum atomic E-state index is 5.80. The van der Waals surface area contributed by atoms with E-state index in [1.54, 1.807) is 18.5 Å². The first kappa shape index (κ1) is 15.3. The van der Waals surface area contributed by atoms with Crippen molar-refractivity contribution in [1.82, 2.24) is 4.98 Å². The highest BCUT2D eigenvalue weighted by Crippen LogP contribution is 2.32. The number of rotatable bonds is 5. The van der Waals surface area contributed by atoms with Crippen molar-refractivity contribution in [3.05, 3.63) is 83.7 Å². The van der Waals surface area contributed by atoms with Crippen molar-refractivity contribution in [2.24, 2.45) is 0 Å². The molecule has 4 rings (SSSR count). The summed E-state index contributed by atoms with van der Waals surface area (Å²) in [4.78, 5) is 4.24. The van der Waals surface area contributed by atoms with Gasteiger partial charge in [-0.2, -0.15) is 0 Å². The first-order valence-corrected chi connectivity index (χ1v) is 7.98. The van der Waals surface area contributed by atoms with E-state index < -0.39 is 0 Å². The van der Waals surface area contributed by atoms with Crippen LogP contribution in [0.3, 0.4) is 0 Å². The zero-order valence-corrected chi connectivity index (χ0v) is 13.5. The van der Waals surface area contributed by atoms with Crippen LogP contribution in [0.4, 0.5) is 0 Å². The Bertz CT molecular complexity index is 891. The normalized spacial score (nSPS) is 12.5. The minimum absolute atomic E-state index is 0.265. The predicted molar refractivity (Wildman–Crippen MR) is 95.3 cm³/mol. The molecule has 2 aromatic carbocycles. The molecule has 0 fully saturated rings. The standard InChI is InChI=1S/C21H16NO3/c1-2-4-17(5-3-1)14-23-19-10-18(12-22-13-19)7-6-16-8-9-20-21(11-16)25-15-24-20/h1-7,9-13H,14-15H2/b7-6+. The lowest BCUT2D eigenvalue weighted by Crippen LogP contribution is -1.95. The summed E-state index contributed by atoms with van der Waals surface area (Å²) in [5.41, 5.74) is 3.00. The predicted octanol–water partition coefficient (Wildman–Crippen LogP) is 4.36. The van der Waals surface area contributed by atoms with Gasteiger partial charge >= 0.3 is 0 Å². The average molecular weight is 330 g/mol. The van der Waals surface area contributed by atoms with Crippen LogP contribution in [-0.4, -0.2) is 11.8 Å². The molecule has 25 heavy (non-hydrogen) atoms. The molecule has 1 radical (unpaired) electrons. The summed E-state index contributed by atoms with van der Waals surface area (Å²) < 4.78 is 16.5. The number of hydrogen-bond acceptors (Lipinski definition) is 4. The van der Waals surface area contributed by atoms with Gasteiger partial charge < -0.3 is 14.2 Å². The number of aromatic nitrogens is 1. The van der Waals surface area contributed by atoms with Gasteiger partial charge in [-0.15, -0.1) is 0 Å². The second kappa shape index (κ2) is 7.09. The maximum absolute atomic E-state index is 5.80. The smallest absolute Gasteiger partial charge is 0.231 e. The van der Waals surface area contributed by atoms with Crippen molar-refractivity contribution < 1.29 is 14.2 Å². The van der Waals surface area contributed by atoms with Crippen LogP contribution in [0.2, 0.25) is 0 Å². The second-order valence-corrected chi connectivity index (χ2v) is 5.58. The summed E-state index contributed by atoms with van der Waals surface area (Å²) in [5.74, 6) is 2.22. The van der Waals surface area contributed by atoms with E-state index in [-0.39, 0.29) is 6.79 Å². The van der Waals surface area contributed by atoms with Crippen molar-refractivity contribution >= 4 is 12.2 Å². The summed E-state index contributed by atoms with van der Waals surface area (Å²) in [6, 6.07) is 18.9. The lowest BCUT2D eigenvalue weighted by atomic mass is 10.1. The molecule has 0 amide bonds. The fraction of sp³-hybridized carbons (Fsp3) is 0.0952. The topological polar surface area (TPSA) is 40.6 Å². The monoisotopic (exact) mass is 330 g/mol. The van der Waals surface area contributed by atoms with E-state index >= 15 is 0 Å². The molecule has 123 valence electrons. The van der Waals surface area contributed by atoms with Gasteiger partial charge in [-0.1, -0.05) is 42.5 Å². The number of benzene rings is 2. The molecule has 1 aromatic heterocycles. The van der Waals surface area contributed by atoms with E-state index in [2.05, 4.69) is 11.1 Å². The van der Waals surface area contributed by atoms with Crippen molar-refractivity contribution in [2.75, 3.05) is 6.79 Å². The molecule has 0 unspecified atom stereocenters. The van der Waals surface area contributed by atoms with E-state index in [9.17, 15) is 0 Å². The molecule has 4 heteroatoms. The van der Waals surface area contributed by atoms with E-state index in [4.69, 9.17) is 14.2 Å². The van der Waals surface area contributed by atoms with Gasteiger partial charge in [-0.3, -0.25) is 4.98 Å². The zero-order chi connectivity index (χ0) is 16.9. The van der Waals surface area contributed by atoms with Crippen LogP contribution in [0, 0.1) is 6.07 Å². The van der Waals surface area contributed by atoms with E-state index in [0.29, 0.717) is 6.61 Å². The lowest BCUT2D eigenvalue weighted by molar-refractivity contribution is 0.174. The highest BCUT2D eigenvalue weighted by Gasteiger charge is 2.12. The molecular weight excluding hydrogens is 314 g/mol. The number of ether oxygens (including phenoxy) is 3. The van der Waals surface area contributed by atoms with Gasteiger partial charge in [0.25, 0.3) is 0 Å². The van der Waals surface area contributed by atoms with Crippen molar-refractivity contribution in [2.45, 2.75) is 6.61 Å². The number of nitrogens with zero attached hydrogens (tertiary/aromatic N) is 1. The number of pyridine rings is 1. The van der Waals surface area contributed by atoms with Crippen molar-refractivity contribution in [3.8, 4) is 17.2 Å². The van der Waals surface area contributed by atoms with Crippen LogP contribution >= 0.6 is 0 Å². The van der Waals surface area contributed by atoms with Gasteiger partial charge in [0.05, 0.1) is 6.20 Å². The summed E-state index contributed by atoms with van der Waals surface area (Å²) in [7, 11) is 0. The van der Waals surface area contributed by atoms with Gasteiger partial charge in [-0.05, 0) is 41.0 Å². The Morgan fingerprint density at radius 2 is 1.92 bits per heavy atom. The summed E-state index contributed by atoms with van der Waals surface area (Å²) in [6.45, 7) is 0.784. The highest BCUT2D eigenvalue weighted by atomic mass is 16.7. The summed E-state index contributed by atoms with van der Waals surface area (Å²) in [5, 5.41) is 0. The van der Waals surface area contributed by atoms with Crippen LogP contribution in [0.15, 0.2) is 60.9 Å². The van der Waals surface area contributed by atoms with E-state index in [0.717, 1.165) is 33.9 Å². The Kier molecular flexibility index (Phi) is 4.33. The lowest BCUT2D eigenvalue weighted by Gasteiger charge is -2.06. The van der Waals surface area contributed by atoms with Crippen LogP contribution in [-0.2, 0) is 6.61 Å². The zero-order valence-electron chi connectivity index (χ0n) is 13.5. The molecule has 1 aliphatic rings. The summed E-state index contributed by atoms with van der Waals surface area (Å²) in [6.07, 6.45) is 7.43. The fourth-order valence-electron chi connectivity index (χ4n) is 2.48. The Morgan fingerprint density at radius 3 is 2.84 bits per heavy atom. The Hall–Kier alpha value is -3.27. The third kappa shape index (κ3) is 3.80. The second-order valence-electron chi connectivity index (χ2n) is 5.58. The maximum Gasteiger partial charge on any atom is 0.231 e. The molecule has 0 atom stereocenters. The molecular formula is C21H16NO3. The minimum Gasteiger partial charge on any atom is -0.487 e. The molecule has 3 aromatic rings. The largest absolute Gasteiger partial charge is 0.487 e.